The van der Waals surface area contributed by atoms with Gasteiger partial charge in [0, 0.05) is 17.6 Å². The maximum atomic E-state index is 13.4. The van der Waals surface area contributed by atoms with Crippen LogP contribution in [0.4, 0.5) is 5.69 Å². The van der Waals surface area contributed by atoms with Gasteiger partial charge >= 0.3 is 0 Å². The van der Waals surface area contributed by atoms with Gasteiger partial charge in [-0.25, -0.2) is 8.42 Å². The van der Waals surface area contributed by atoms with Crippen molar-refractivity contribution in [3.63, 3.8) is 0 Å². The molecule has 1 N–H and O–H groups in total. The van der Waals surface area contributed by atoms with E-state index in [1.54, 1.807) is 61.5 Å². The van der Waals surface area contributed by atoms with Gasteiger partial charge in [-0.3, -0.25) is 13.9 Å². The fraction of sp³-hybridized carbons (Fsp3) is 0.391. The molecule has 0 unspecified atom stereocenters. The summed E-state index contributed by atoms with van der Waals surface area (Å²) in [7, 11) is -3.73. The molecule has 0 aliphatic heterocycles. The number of benzene rings is 2. The second kappa shape index (κ2) is 11.3. The lowest BCUT2D eigenvalue weighted by Crippen LogP contribution is -2.52. The van der Waals surface area contributed by atoms with Crippen LogP contribution >= 0.6 is 11.6 Å². The molecule has 7 nitrogen and oxygen atoms in total. The monoisotopic (exact) mass is 479 g/mol. The molecule has 2 aromatic carbocycles. The molecule has 2 rings (SSSR count). The van der Waals surface area contributed by atoms with Crippen LogP contribution in [-0.2, 0) is 26.2 Å². The van der Waals surface area contributed by atoms with Gasteiger partial charge in [0.25, 0.3) is 0 Å². The van der Waals surface area contributed by atoms with Crippen LogP contribution in [-0.4, -0.2) is 50.0 Å². The average molecular weight is 480 g/mol. The Morgan fingerprint density at radius 3 is 2.28 bits per heavy atom. The standard InChI is InChI=1S/C23H30ClN3O4S/c1-5-17(2)25-23(29)18(3)26(15-19-10-9-11-20(24)14-19)22(28)16-27(32(4,30)31)21-12-7-6-8-13-21/h6-14,17-18H,5,15-16H2,1-4H3,(H,25,29)/t17-,18+/m1/s1. The fourth-order valence-corrected chi connectivity index (χ4v) is 4.15. The van der Waals surface area contributed by atoms with Crippen LogP contribution in [0, 0.1) is 0 Å². The molecule has 0 saturated heterocycles. The summed E-state index contributed by atoms with van der Waals surface area (Å²) in [4.78, 5) is 27.6. The summed E-state index contributed by atoms with van der Waals surface area (Å²) in [6, 6.07) is 14.5. The van der Waals surface area contributed by atoms with Crippen molar-refractivity contribution in [2.45, 2.75) is 45.8 Å². The predicted octanol–water partition coefficient (Wildman–Crippen LogP) is 3.44. The second-order valence-electron chi connectivity index (χ2n) is 7.75. The lowest BCUT2D eigenvalue weighted by Gasteiger charge is -2.32. The first-order valence-corrected chi connectivity index (χ1v) is 12.6. The van der Waals surface area contributed by atoms with Gasteiger partial charge in [0.1, 0.15) is 12.6 Å². The first kappa shape index (κ1) is 25.7. The molecule has 2 aromatic rings. The molecule has 0 radical (unpaired) electrons. The topological polar surface area (TPSA) is 86.8 Å². The molecule has 0 saturated carbocycles. The van der Waals surface area contributed by atoms with Crippen LogP contribution in [0.3, 0.4) is 0 Å². The van der Waals surface area contributed by atoms with Gasteiger partial charge in [-0.15, -0.1) is 0 Å². The molecule has 0 aliphatic carbocycles. The Morgan fingerprint density at radius 2 is 1.72 bits per heavy atom. The quantitative estimate of drug-likeness (QED) is 0.565. The van der Waals surface area contributed by atoms with Gasteiger partial charge < -0.3 is 10.2 Å². The fourth-order valence-electron chi connectivity index (χ4n) is 3.09. The first-order chi connectivity index (χ1) is 15.0. The van der Waals surface area contributed by atoms with Gasteiger partial charge in [0.2, 0.25) is 21.8 Å². The van der Waals surface area contributed by atoms with Crippen molar-refractivity contribution >= 4 is 39.1 Å². The van der Waals surface area contributed by atoms with E-state index in [0.717, 1.165) is 22.5 Å². The summed E-state index contributed by atoms with van der Waals surface area (Å²) in [6.45, 7) is 5.15. The van der Waals surface area contributed by atoms with Crippen molar-refractivity contribution in [1.29, 1.82) is 0 Å². The highest BCUT2D eigenvalue weighted by atomic mass is 35.5. The predicted molar refractivity (Wildman–Crippen MR) is 128 cm³/mol. The lowest BCUT2D eigenvalue weighted by atomic mass is 10.1. The van der Waals surface area contributed by atoms with Gasteiger partial charge in [0.15, 0.2) is 0 Å². The Balaban J connectivity index is 2.36. The highest BCUT2D eigenvalue weighted by molar-refractivity contribution is 7.92. The zero-order valence-corrected chi connectivity index (χ0v) is 20.4. The molecule has 0 bridgehead atoms. The Bertz CT molecular complexity index is 1030. The zero-order chi connectivity index (χ0) is 23.9. The van der Waals surface area contributed by atoms with E-state index in [9.17, 15) is 18.0 Å². The van der Waals surface area contributed by atoms with Crippen molar-refractivity contribution in [2.75, 3.05) is 17.1 Å². The number of nitrogens with zero attached hydrogens (tertiary/aromatic N) is 2. The highest BCUT2D eigenvalue weighted by Crippen LogP contribution is 2.19. The summed E-state index contributed by atoms with van der Waals surface area (Å²) in [6.07, 6.45) is 1.80. The van der Waals surface area contributed by atoms with E-state index in [-0.39, 0.29) is 18.5 Å². The number of sulfonamides is 1. The molecule has 9 heteroatoms. The molecule has 0 aliphatic rings. The van der Waals surface area contributed by atoms with Crippen LogP contribution in [0.2, 0.25) is 5.02 Å². The van der Waals surface area contributed by atoms with Crippen LogP contribution in [0.1, 0.15) is 32.8 Å². The number of halogens is 1. The van der Waals surface area contributed by atoms with Crippen molar-refractivity contribution in [2.24, 2.45) is 0 Å². The number of para-hydroxylation sites is 1. The molecule has 0 spiro atoms. The largest absolute Gasteiger partial charge is 0.352 e. The molecular formula is C23H30ClN3O4S. The second-order valence-corrected chi connectivity index (χ2v) is 10.1. The summed E-state index contributed by atoms with van der Waals surface area (Å²) in [5.41, 5.74) is 1.11. The molecular weight excluding hydrogens is 450 g/mol. The maximum absolute atomic E-state index is 13.4. The number of carbonyl (C=O) groups is 2. The highest BCUT2D eigenvalue weighted by Gasteiger charge is 2.30. The SMILES string of the molecule is CC[C@@H](C)NC(=O)[C@H](C)N(Cc1cccc(Cl)c1)C(=O)CN(c1ccccc1)S(C)(=O)=O. The van der Waals surface area contributed by atoms with Crippen molar-refractivity contribution in [1.82, 2.24) is 10.2 Å². The summed E-state index contributed by atoms with van der Waals surface area (Å²) in [5.74, 6) is -0.800. The van der Waals surface area contributed by atoms with E-state index in [1.807, 2.05) is 13.8 Å². The van der Waals surface area contributed by atoms with Crippen LogP contribution in [0.15, 0.2) is 54.6 Å². The van der Waals surface area contributed by atoms with Crippen LogP contribution in [0.5, 0.6) is 0 Å². The van der Waals surface area contributed by atoms with Gasteiger partial charge in [-0.05, 0) is 50.1 Å². The molecule has 0 aromatic heterocycles. The number of carbonyl (C=O) groups excluding carboxylic acids is 2. The number of hydrogen-bond donors (Lipinski definition) is 1. The Hall–Kier alpha value is -2.58. The van der Waals surface area contributed by atoms with E-state index in [4.69, 9.17) is 11.6 Å². The third-order valence-corrected chi connectivity index (χ3v) is 6.51. The van der Waals surface area contributed by atoms with Gasteiger partial charge in [0.05, 0.1) is 11.9 Å². The number of rotatable bonds is 10. The van der Waals surface area contributed by atoms with Gasteiger partial charge in [-0.1, -0.05) is 48.9 Å². The van der Waals surface area contributed by atoms with E-state index in [2.05, 4.69) is 5.32 Å². The first-order valence-electron chi connectivity index (χ1n) is 10.4. The Kier molecular flexibility index (Phi) is 9.09. The van der Waals surface area contributed by atoms with Gasteiger partial charge in [-0.2, -0.15) is 0 Å². The third kappa shape index (κ3) is 7.24. The minimum atomic E-state index is -3.73. The Morgan fingerprint density at radius 1 is 1.06 bits per heavy atom. The average Bonchev–Trinajstić information content (AvgIpc) is 2.74. The third-order valence-electron chi connectivity index (χ3n) is 5.13. The summed E-state index contributed by atoms with van der Waals surface area (Å²) >= 11 is 6.09. The minimum Gasteiger partial charge on any atom is -0.352 e. The van der Waals surface area contributed by atoms with Crippen LogP contribution < -0.4 is 9.62 Å². The molecule has 0 fully saturated rings. The van der Waals surface area contributed by atoms with Crippen molar-refractivity contribution < 1.29 is 18.0 Å². The summed E-state index contributed by atoms with van der Waals surface area (Å²) < 4.78 is 25.9. The molecule has 2 amide bonds. The molecule has 32 heavy (non-hydrogen) atoms. The van der Waals surface area contributed by atoms with Crippen molar-refractivity contribution in [3.05, 3.63) is 65.2 Å². The van der Waals surface area contributed by atoms with E-state index >= 15 is 0 Å². The van der Waals surface area contributed by atoms with E-state index < -0.39 is 28.5 Å². The van der Waals surface area contributed by atoms with E-state index in [1.165, 1.54) is 4.90 Å². The molecule has 2 atom stereocenters. The maximum Gasteiger partial charge on any atom is 0.244 e. The lowest BCUT2D eigenvalue weighted by molar-refractivity contribution is -0.139. The zero-order valence-electron chi connectivity index (χ0n) is 18.8. The number of nitrogens with one attached hydrogen (secondary N) is 1. The van der Waals surface area contributed by atoms with Crippen molar-refractivity contribution in [3.8, 4) is 0 Å². The minimum absolute atomic E-state index is 0.0510. The van der Waals surface area contributed by atoms with Crippen LogP contribution in [0.25, 0.3) is 0 Å². The number of anilines is 1. The number of hydrogen-bond acceptors (Lipinski definition) is 4. The smallest absolute Gasteiger partial charge is 0.244 e. The molecule has 0 heterocycles. The summed E-state index contributed by atoms with van der Waals surface area (Å²) in [5, 5.41) is 3.39. The molecule has 174 valence electrons. The van der Waals surface area contributed by atoms with E-state index in [0.29, 0.717) is 10.7 Å². The Labute approximate surface area is 195 Å². The number of amides is 2. The normalized spacial score (nSPS) is 13.2.